The molecule has 0 aliphatic carbocycles. The van der Waals surface area contributed by atoms with Gasteiger partial charge in [-0.05, 0) is 24.1 Å². The monoisotopic (exact) mass is 312 g/mol. The molecule has 19 heavy (non-hydrogen) atoms. The minimum Gasteiger partial charge on any atom is -0.223 e. The first-order chi connectivity index (χ1) is 8.95. The molecule has 0 spiro atoms. The van der Waals surface area contributed by atoms with Crippen LogP contribution in [0.1, 0.15) is 5.56 Å². The molecule has 0 saturated carbocycles. The van der Waals surface area contributed by atoms with Crippen LogP contribution in [0.25, 0.3) is 10.4 Å². The van der Waals surface area contributed by atoms with E-state index in [0.717, 1.165) is 11.1 Å². The Balaban J connectivity index is 2.67. The van der Waals surface area contributed by atoms with Gasteiger partial charge in [-0.1, -0.05) is 41.9 Å². The molecule has 1 aromatic carbocycles. The third-order valence-corrected chi connectivity index (χ3v) is 5.82. The Morgan fingerprint density at radius 3 is 2.68 bits per heavy atom. The van der Waals surface area contributed by atoms with Crippen LogP contribution in [0.2, 0.25) is 4.34 Å². The highest BCUT2D eigenvalue weighted by molar-refractivity contribution is 7.91. The van der Waals surface area contributed by atoms with Gasteiger partial charge in [-0.3, -0.25) is 0 Å². The van der Waals surface area contributed by atoms with Crippen LogP contribution in [0.4, 0.5) is 0 Å². The fourth-order valence-corrected chi connectivity index (χ4v) is 4.87. The number of aryl methyl sites for hydroxylation is 1. The van der Waals surface area contributed by atoms with Crippen molar-refractivity contribution in [2.45, 2.75) is 11.8 Å². The van der Waals surface area contributed by atoms with Crippen molar-refractivity contribution in [1.29, 1.82) is 0 Å². The molecule has 5 heteroatoms. The van der Waals surface area contributed by atoms with Crippen LogP contribution >= 0.6 is 22.9 Å². The maximum atomic E-state index is 12.2. The molecule has 100 valence electrons. The molecule has 0 saturated heterocycles. The van der Waals surface area contributed by atoms with E-state index in [1.165, 1.54) is 23.5 Å². The van der Waals surface area contributed by atoms with Gasteiger partial charge in [0, 0.05) is 0 Å². The number of hydrogen-bond donors (Lipinski definition) is 0. The Hall–Kier alpha value is -1.10. The van der Waals surface area contributed by atoms with Crippen LogP contribution in [-0.4, -0.2) is 14.2 Å². The molecule has 2 aromatic rings. The molecule has 0 bridgehead atoms. The molecule has 0 aliphatic heterocycles. The summed E-state index contributed by atoms with van der Waals surface area (Å²) in [7, 11) is -3.38. The van der Waals surface area contributed by atoms with E-state index < -0.39 is 9.84 Å². The maximum Gasteiger partial charge on any atom is 0.183 e. The van der Waals surface area contributed by atoms with Gasteiger partial charge in [-0.25, -0.2) is 8.42 Å². The minimum absolute atomic E-state index is 0.0844. The Morgan fingerprint density at radius 1 is 1.37 bits per heavy atom. The lowest BCUT2D eigenvalue weighted by Crippen LogP contribution is -2.04. The second-order valence-electron chi connectivity index (χ2n) is 4.13. The number of sulfone groups is 1. The van der Waals surface area contributed by atoms with Crippen LogP contribution < -0.4 is 0 Å². The van der Waals surface area contributed by atoms with E-state index in [1.807, 2.05) is 31.2 Å². The molecule has 0 unspecified atom stereocenters. The molecule has 2 rings (SSSR count). The molecule has 2 nitrogen and oxygen atoms in total. The summed E-state index contributed by atoms with van der Waals surface area (Å²) in [6.45, 7) is 5.44. The first-order valence-corrected chi connectivity index (χ1v) is 8.49. The Labute approximate surface area is 122 Å². The molecule has 1 aromatic heterocycles. The molecule has 0 radical (unpaired) electrons. The van der Waals surface area contributed by atoms with Crippen molar-refractivity contribution in [2.24, 2.45) is 0 Å². The summed E-state index contributed by atoms with van der Waals surface area (Å²) >= 11 is 7.29. The largest absolute Gasteiger partial charge is 0.223 e. The van der Waals surface area contributed by atoms with Gasteiger partial charge >= 0.3 is 0 Å². The van der Waals surface area contributed by atoms with E-state index in [0.29, 0.717) is 9.21 Å². The number of thiophene rings is 1. The quantitative estimate of drug-likeness (QED) is 0.787. The third kappa shape index (κ3) is 2.91. The lowest BCUT2D eigenvalue weighted by Gasteiger charge is -2.06. The van der Waals surface area contributed by atoms with E-state index >= 15 is 0 Å². The molecule has 0 fully saturated rings. The predicted molar refractivity (Wildman–Crippen MR) is 81.8 cm³/mol. The average Bonchev–Trinajstić information content (AvgIpc) is 2.72. The molecule has 0 atom stereocenters. The molecule has 0 N–H and O–H groups in total. The van der Waals surface area contributed by atoms with Gasteiger partial charge in [0.1, 0.15) is 0 Å². The van der Waals surface area contributed by atoms with Crippen molar-refractivity contribution >= 4 is 32.8 Å². The molecular formula is C14H13ClO2S2. The predicted octanol–water partition coefficient (Wildman–Crippen LogP) is 4.34. The summed E-state index contributed by atoms with van der Waals surface area (Å²) in [6, 6.07) is 9.19. The normalized spacial score (nSPS) is 11.5. The Kier molecular flexibility index (Phi) is 4.13. The fraction of sp³-hybridized carbons (Fsp3) is 0.143. The average molecular weight is 313 g/mol. The highest BCUT2D eigenvalue weighted by atomic mass is 35.5. The highest BCUT2D eigenvalue weighted by Gasteiger charge is 2.22. The lowest BCUT2D eigenvalue weighted by atomic mass is 10.1. The van der Waals surface area contributed by atoms with Crippen molar-refractivity contribution in [3.05, 3.63) is 52.9 Å². The summed E-state index contributed by atoms with van der Waals surface area (Å²) in [4.78, 5) is 0.988. The zero-order valence-electron chi connectivity index (χ0n) is 10.4. The standard InChI is InChI=1S/C14H13ClO2S2/c1-3-8-19(16,17)12-9-13(15)18-14(12)11-7-5-4-6-10(11)2/h3-7,9H,1,8H2,2H3. The van der Waals surface area contributed by atoms with Gasteiger partial charge in [0.2, 0.25) is 0 Å². The maximum absolute atomic E-state index is 12.2. The highest BCUT2D eigenvalue weighted by Crippen LogP contribution is 2.39. The van der Waals surface area contributed by atoms with Gasteiger partial charge in [0.05, 0.1) is 19.9 Å². The zero-order chi connectivity index (χ0) is 14.0. The zero-order valence-corrected chi connectivity index (χ0v) is 12.8. The van der Waals surface area contributed by atoms with Gasteiger partial charge in [-0.2, -0.15) is 0 Å². The SMILES string of the molecule is C=CCS(=O)(=O)c1cc(Cl)sc1-c1ccccc1C. The van der Waals surface area contributed by atoms with Crippen molar-refractivity contribution in [2.75, 3.05) is 5.75 Å². The Bertz CT molecular complexity index is 715. The van der Waals surface area contributed by atoms with Gasteiger partial charge in [0.25, 0.3) is 0 Å². The Morgan fingerprint density at radius 2 is 2.05 bits per heavy atom. The summed E-state index contributed by atoms with van der Waals surface area (Å²) in [5.41, 5.74) is 1.93. The van der Waals surface area contributed by atoms with Crippen molar-refractivity contribution in [3.63, 3.8) is 0 Å². The van der Waals surface area contributed by atoms with E-state index in [2.05, 4.69) is 6.58 Å². The van der Waals surface area contributed by atoms with Crippen LogP contribution in [-0.2, 0) is 9.84 Å². The van der Waals surface area contributed by atoms with Crippen molar-refractivity contribution in [3.8, 4) is 10.4 Å². The van der Waals surface area contributed by atoms with E-state index in [9.17, 15) is 8.42 Å². The number of hydrogen-bond acceptors (Lipinski definition) is 3. The third-order valence-electron chi connectivity index (χ3n) is 2.73. The number of rotatable bonds is 4. The molecule has 0 amide bonds. The van der Waals surface area contributed by atoms with Crippen LogP contribution in [0.15, 0.2) is 47.9 Å². The first-order valence-electron chi connectivity index (χ1n) is 5.64. The summed E-state index contributed by atoms with van der Waals surface area (Å²) in [5, 5.41) is 0. The molecule has 0 aliphatic rings. The number of benzene rings is 1. The summed E-state index contributed by atoms with van der Waals surface area (Å²) in [6.07, 6.45) is 1.39. The van der Waals surface area contributed by atoms with Crippen LogP contribution in [0.5, 0.6) is 0 Å². The van der Waals surface area contributed by atoms with Gasteiger partial charge in [-0.15, -0.1) is 17.9 Å². The van der Waals surface area contributed by atoms with E-state index in [4.69, 9.17) is 11.6 Å². The fourth-order valence-electron chi connectivity index (χ4n) is 1.84. The first kappa shape index (κ1) is 14.3. The van der Waals surface area contributed by atoms with Crippen LogP contribution in [0, 0.1) is 6.92 Å². The second kappa shape index (κ2) is 5.49. The molecular weight excluding hydrogens is 300 g/mol. The van der Waals surface area contributed by atoms with Gasteiger partial charge in [0.15, 0.2) is 9.84 Å². The summed E-state index contributed by atoms with van der Waals surface area (Å²) < 4.78 is 24.9. The minimum atomic E-state index is -3.38. The lowest BCUT2D eigenvalue weighted by molar-refractivity contribution is 0.599. The smallest absolute Gasteiger partial charge is 0.183 e. The second-order valence-corrected chi connectivity index (χ2v) is 7.82. The van der Waals surface area contributed by atoms with Crippen molar-refractivity contribution in [1.82, 2.24) is 0 Å². The topological polar surface area (TPSA) is 34.1 Å². The van der Waals surface area contributed by atoms with E-state index in [1.54, 1.807) is 0 Å². The van der Waals surface area contributed by atoms with Crippen LogP contribution in [0.3, 0.4) is 0 Å². The van der Waals surface area contributed by atoms with Gasteiger partial charge < -0.3 is 0 Å². The van der Waals surface area contributed by atoms with E-state index in [-0.39, 0.29) is 10.6 Å². The number of halogens is 1. The van der Waals surface area contributed by atoms with Crippen molar-refractivity contribution < 1.29 is 8.42 Å². The summed E-state index contributed by atoms with van der Waals surface area (Å²) in [5.74, 6) is -0.0844. The molecule has 1 heterocycles.